The van der Waals surface area contributed by atoms with Crippen molar-refractivity contribution in [3.8, 4) is 0 Å². The van der Waals surface area contributed by atoms with Crippen LogP contribution in [0.2, 0.25) is 0 Å². The van der Waals surface area contributed by atoms with Gasteiger partial charge in [-0.15, -0.1) is 24.0 Å². The Morgan fingerprint density at radius 1 is 1.19 bits per heavy atom. The third kappa shape index (κ3) is 7.18. The molecular formula is C16H21F3IN5O. The molecule has 0 bridgehead atoms. The third-order valence-corrected chi connectivity index (χ3v) is 3.25. The molecule has 0 unspecified atom stereocenters. The van der Waals surface area contributed by atoms with Gasteiger partial charge < -0.3 is 15.2 Å². The summed E-state index contributed by atoms with van der Waals surface area (Å²) in [6, 6.07) is 4.97. The minimum atomic E-state index is -4.33. The summed E-state index contributed by atoms with van der Waals surface area (Å²) in [6.45, 7) is 5.15. The molecule has 0 aliphatic heterocycles. The van der Waals surface area contributed by atoms with Crippen molar-refractivity contribution in [3.05, 3.63) is 47.1 Å². The van der Waals surface area contributed by atoms with Crippen molar-refractivity contribution in [2.45, 2.75) is 33.0 Å². The second-order valence-electron chi connectivity index (χ2n) is 5.30. The van der Waals surface area contributed by atoms with Crippen LogP contribution in [0.3, 0.4) is 0 Å². The van der Waals surface area contributed by atoms with E-state index >= 15 is 0 Å². The van der Waals surface area contributed by atoms with E-state index in [-0.39, 0.29) is 30.5 Å². The molecule has 0 saturated heterocycles. The Balaban J connectivity index is 0.00000338. The molecule has 2 rings (SSSR count). The molecule has 0 spiro atoms. The number of alkyl halides is 3. The molecule has 0 amide bonds. The highest BCUT2D eigenvalue weighted by Gasteiger charge is 2.29. The number of aromatic nitrogens is 2. The van der Waals surface area contributed by atoms with E-state index in [0.717, 1.165) is 12.1 Å². The molecule has 2 aromatic rings. The zero-order chi connectivity index (χ0) is 18.3. The Morgan fingerprint density at radius 3 is 2.42 bits per heavy atom. The van der Waals surface area contributed by atoms with E-state index in [2.05, 4.69) is 25.8 Å². The van der Waals surface area contributed by atoms with Crippen LogP contribution in [-0.4, -0.2) is 29.2 Å². The average Bonchev–Trinajstić information content (AvgIpc) is 2.97. The van der Waals surface area contributed by atoms with E-state index < -0.39 is 11.7 Å². The maximum Gasteiger partial charge on any atom is 0.416 e. The van der Waals surface area contributed by atoms with Crippen LogP contribution in [0.1, 0.15) is 29.8 Å². The van der Waals surface area contributed by atoms with Gasteiger partial charge in [0.2, 0.25) is 5.89 Å². The molecule has 0 saturated carbocycles. The largest absolute Gasteiger partial charge is 0.416 e. The van der Waals surface area contributed by atoms with Crippen LogP contribution in [0.5, 0.6) is 0 Å². The normalized spacial score (nSPS) is 11.8. The van der Waals surface area contributed by atoms with Gasteiger partial charge in [-0.3, -0.25) is 0 Å². The quantitative estimate of drug-likeness (QED) is 0.375. The van der Waals surface area contributed by atoms with Gasteiger partial charge in [0.25, 0.3) is 0 Å². The Morgan fingerprint density at radius 2 is 1.88 bits per heavy atom. The summed E-state index contributed by atoms with van der Waals surface area (Å²) in [5.41, 5.74) is 0.0258. The second-order valence-corrected chi connectivity index (χ2v) is 5.30. The topological polar surface area (TPSA) is 75.3 Å². The number of aryl methyl sites for hydroxylation is 1. The molecule has 0 atom stereocenters. The standard InChI is InChI=1S/C16H20F3N5O.HI/c1-3-20-15(21-9-8-14-23-11(2)24-25-14)22-10-12-4-6-13(7-5-12)16(17,18)19;/h4-7H,3,8-10H2,1-2H3,(H2,20,21,22);1H. The summed E-state index contributed by atoms with van der Waals surface area (Å²) in [4.78, 5) is 8.46. The lowest BCUT2D eigenvalue weighted by molar-refractivity contribution is -0.137. The van der Waals surface area contributed by atoms with Gasteiger partial charge in [-0.1, -0.05) is 17.3 Å². The van der Waals surface area contributed by atoms with Crippen LogP contribution < -0.4 is 10.6 Å². The molecule has 10 heteroatoms. The fraction of sp³-hybridized carbons (Fsp3) is 0.438. The van der Waals surface area contributed by atoms with E-state index in [0.29, 0.717) is 42.7 Å². The summed E-state index contributed by atoms with van der Waals surface area (Å²) in [5.74, 6) is 1.68. The van der Waals surface area contributed by atoms with E-state index in [1.54, 1.807) is 6.92 Å². The second kappa shape index (κ2) is 10.3. The minimum Gasteiger partial charge on any atom is -0.357 e. The highest BCUT2D eigenvalue weighted by molar-refractivity contribution is 14.0. The number of hydrogen-bond acceptors (Lipinski definition) is 4. The number of halogens is 4. The van der Waals surface area contributed by atoms with Crippen LogP contribution in [0.4, 0.5) is 13.2 Å². The maximum absolute atomic E-state index is 12.6. The fourth-order valence-corrected chi connectivity index (χ4v) is 2.04. The van der Waals surface area contributed by atoms with Gasteiger partial charge in [-0.25, -0.2) is 4.99 Å². The predicted octanol–water partition coefficient (Wildman–Crippen LogP) is 3.31. The van der Waals surface area contributed by atoms with Crippen molar-refractivity contribution in [1.29, 1.82) is 0 Å². The molecule has 2 N–H and O–H groups in total. The van der Waals surface area contributed by atoms with Crippen molar-refractivity contribution in [2.75, 3.05) is 13.1 Å². The van der Waals surface area contributed by atoms with Crippen LogP contribution in [0, 0.1) is 6.92 Å². The summed E-state index contributed by atoms with van der Waals surface area (Å²) >= 11 is 0. The first-order valence-electron chi connectivity index (χ1n) is 7.86. The Kier molecular flexibility index (Phi) is 8.82. The van der Waals surface area contributed by atoms with Crippen molar-refractivity contribution in [1.82, 2.24) is 20.8 Å². The summed E-state index contributed by atoms with van der Waals surface area (Å²) in [6.07, 6.45) is -3.78. The van der Waals surface area contributed by atoms with E-state index in [1.165, 1.54) is 12.1 Å². The molecule has 0 fully saturated rings. The zero-order valence-corrected chi connectivity index (χ0v) is 16.8. The molecule has 0 radical (unpaired) electrons. The Hall–Kier alpha value is -1.85. The average molecular weight is 483 g/mol. The molecular weight excluding hydrogens is 462 g/mol. The number of benzene rings is 1. The lowest BCUT2D eigenvalue weighted by Gasteiger charge is -2.11. The minimum absolute atomic E-state index is 0. The lowest BCUT2D eigenvalue weighted by Crippen LogP contribution is -2.38. The van der Waals surface area contributed by atoms with Crippen LogP contribution >= 0.6 is 24.0 Å². The highest BCUT2D eigenvalue weighted by Crippen LogP contribution is 2.29. The Labute approximate surface area is 166 Å². The summed E-state index contributed by atoms with van der Waals surface area (Å²) < 4.78 is 42.7. The number of nitrogens with zero attached hydrogens (tertiary/aromatic N) is 3. The molecule has 144 valence electrons. The predicted molar refractivity (Wildman–Crippen MR) is 102 cm³/mol. The molecule has 26 heavy (non-hydrogen) atoms. The van der Waals surface area contributed by atoms with Gasteiger partial charge in [0, 0.05) is 19.5 Å². The highest BCUT2D eigenvalue weighted by atomic mass is 127. The van der Waals surface area contributed by atoms with Crippen LogP contribution in [0.15, 0.2) is 33.8 Å². The smallest absolute Gasteiger partial charge is 0.357 e. The third-order valence-electron chi connectivity index (χ3n) is 3.25. The number of hydrogen-bond donors (Lipinski definition) is 2. The van der Waals surface area contributed by atoms with Gasteiger partial charge in [-0.2, -0.15) is 18.2 Å². The molecule has 1 heterocycles. The van der Waals surface area contributed by atoms with Gasteiger partial charge >= 0.3 is 6.18 Å². The van der Waals surface area contributed by atoms with E-state index in [1.807, 2.05) is 6.92 Å². The van der Waals surface area contributed by atoms with Gasteiger partial charge in [0.1, 0.15) is 0 Å². The van der Waals surface area contributed by atoms with Crippen molar-refractivity contribution >= 4 is 29.9 Å². The van der Waals surface area contributed by atoms with E-state index in [9.17, 15) is 13.2 Å². The van der Waals surface area contributed by atoms with Crippen molar-refractivity contribution in [2.24, 2.45) is 4.99 Å². The molecule has 0 aliphatic rings. The number of guanidine groups is 1. The van der Waals surface area contributed by atoms with Gasteiger partial charge in [0.05, 0.1) is 12.1 Å². The number of rotatable bonds is 6. The monoisotopic (exact) mass is 483 g/mol. The van der Waals surface area contributed by atoms with Crippen molar-refractivity contribution in [3.63, 3.8) is 0 Å². The van der Waals surface area contributed by atoms with Gasteiger partial charge in [-0.05, 0) is 31.5 Å². The molecule has 0 aliphatic carbocycles. The SMILES string of the molecule is CCNC(=NCc1ccc(C(F)(F)F)cc1)NCCc1nc(C)no1.I. The number of aliphatic imine (C=N–C) groups is 1. The fourth-order valence-electron chi connectivity index (χ4n) is 2.04. The number of nitrogens with one attached hydrogen (secondary N) is 2. The zero-order valence-electron chi connectivity index (χ0n) is 14.4. The van der Waals surface area contributed by atoms with Crippen molar-refractivity contribution < 1.29 is 17.7 Å². The van der Waals surface area contributed by atoms with Crippen LogP contribution in [0.25, 0.3) is 0 Å². The first-order chi connectivity index (χ1) is 11.9. The first kappa shape index (κ1) is 22.2. The maximum atomic E-state index is 12.6. The van der Waals surface area contributed by atoms with Crippen LogP contribution in [-0.2, 0) is 19.1 Å². The van der Waals surface area contributed by atoms with E-state index in [4.69, 9.17) is 4.52 Å². The first-order valence-corrected chi connectivity index (χ1v) is 7.86. The Bertz CT molecular complexity index is 701. The molecule has 6 nitrogen and oxygen atoms in total. The lowest BCUT2D eigenvalue weighted by atomic mass is 10.1. The summed E-state index contributed by atoms with van der Waals surface area (Å²) in [5, 5.41) is 9.90. The summed E-state index contributed by atoms with van der Waals surface area (Å²) in [7, 11) is 0. The molecule has 1 aromatic heterocycles. The van der Waals surface area contributed by atoms with Gasteiger partial charge in [0.15, 0.2) is 11.8 Å². The molecule has 1 aromatic carbocycles.